The van der Waals surface area contributed by atoms with Crippen LogP contribution in [0.4, 0.5) is 5.13 Å². The van der Waals surface area contributed by atoms with Crippen molar-refractivity contribution in [2.75, 3.05) is 4.90 Å². The van der Waals surface area contributed by atoms with Gasteiger partial charge >= 0.3 is 0 Å². The maximum absolute atomic E-state index is 13.7. The summed E-state index contributed by atoms with van der Waals surface area (Å²) in [7, 11) is 0. The van der Waals surface area contributed by atoms with E-state index >= 15 is 0 Å². The van der Waals surface area contributed by atoms with E-state index in [1.54, 1.807) is 16.2 Å². The van der Waals surface area contributed by atoms with E-state index in [2.05, 4.69) is 51.0 Å². The number of hydrogen-bond donors (Lipinski definition) is 0. The van der Waals surface area contributed by atoms with Gasteiger partial charge in [-0.2, -0.15) is 5.10 Å². The SMILES string of the molecule is Cc1cc(C(=O)N(Cc2ccccc2)c2nc3c(C(C)C)cccc3s2)nn1C(C)C. The third-order valence-electron chi connectivity index (χ3n) is 5.35. The second-order valence-corrected chi connectivity index (χ2v) is 9.44. The van der Waals surface area contributed by atoms with Crippen LogP contribution in [0.25, 0.3) is 10.2 Å². The molecule has 0 saturated carbocycles. The number of fused-ring (bicyclic) bond motifs is 1. The third kappa shape index (κ3) is 4.26. The van der Waals surface area contributed by atoms with Crippen LogP contribution in [0, 0.1) is 6.92 Å². The Kier molecular flexibility index (Phi) is 5.92. The first-order valence-electron chi connectivity index (χ1n) is 10.7. The van der Waals surface area contributed by atoms with Gasteiger partial charge in [0.1, 0.15) is 0 Å². The number of carbonyl (C=O) groups excluding carboxylic acids is 1. The average molecular weight is 433 g/mol. The number of amides is 1. The van der Waals surface area contributed by atoms with Gasteiger partial charge in [0.2, 0.25) is 0 Å². The Balaban J connectivity index is 1.80. The number of anilines is 1. The van der Waals surface area contributed by atoms with E-state index in [0.29, 0.717) is 23.3 Å². The molecular formula is C25H28N4OS. The van der Waals surface area contributed by atoms with Gasteiger partial charge in [-0.3, -0.25) is 14.4 Å². The summed E-state index contributed by atoms with van der Waals surface area (Å²) in [5.41, 5.74) is 4.66. The normalized spacial score (nSPS) is 11.6. The van der Waals surface area contributed by atoms with Crippen molar-refractivity contribution >= 4 is 32.6 Å². The molecule has 0 aliphatic carbocycles. The van der Waals surface area contributed by atoms with Gasteiger partial charge in [-0.25, -0.2) is 4.98 Å². The van der Waals surface area contributed by atoms with E-state index in [1.807, 2.05) is 48.0 Å². The summed E-state index contributed by atoms with van der Waals surface area (Å²) in [5, 5.41) is 5.30. The maximum atomic E-state index is 13.7. The van der Waals surface area contributed by atoms with Crippen molar-refractivity contribution in [3.63, 3.8) is 0 Å². The van der Waals surface area contributed by atoms with Crippen molar-refractivity contribution in [1.82, 2.24) is 14.8 Å². The highest BCUT2D eigenvalue weighted by molar-refractivity contribution is 7.22. The smallest absolute Gasteiger partial charge is 0.278 e. The van der Waals surface area contributed by atoms with Crippen LogP contribution in [0.15, 0.2) is 54.6 Å². The predicted molar refractivity (Wildman–Crippen MR) is 128 cm³/mol. The Morgan fingerprint density at radius 1 is 1.06 bits per heavy atom. The lowest BCUT2D eigenvalue weighted by molar-refractivity contribution is 0.0979. The molecule has 2 aromatic heterocycles. The average Bonchev–Trinajstić information content (AvgIpc) is 3.35. The van der Waals surface area contributed by atoms with Crippen molar-refractivity contribution < 1.29 is 4.79 Å². The molecule has 2 heterocycles. The van der Waals surface area contributed by atoms with Gasteiger partial charge in [0.25, 0.3) is 5.91 Å². The van der Waals surface area contributed by atoms with Gasteiger partial charge in [-0.1, -0.05) is 67.6 Å². The van der Waals surface area contributed by atoms with Crippen molar-refractivity contribution in [3.05, 3.63) is 77.1 Å². The summed E-state index contributed by atoms with van der Waals surface area (Å²) in [5.74, 6) is 0.234. The number of aryl methyl sites for hydroxylation is 1. The summed E-state index contributed by atoms with van der Waals surface area (Å²) < 4.78 is 2.99. The van der Waals surface area contributed by atoms with Gasteiger partial charge in [-0.15, -0.1) is 0 Å². The number of aromatic nitrogens is 3. The molecule has 0 N–H and O–H groups in total. The third-order valence-corrected chi connectivity index (χ3v) is 6.39. The molecule has 0 aliphatic rings. The van der Waals surface area contributed by atoms with Crippen molar-refractivity contribution in [3.8, 4) is 0 Å². The van der Waals surface area contributed by atoms with Crippen LogP contribution in [0.5, 0.6) is 0 Å². The van der Waals surface area contributed by atoms with Crippen LogP contribution in [-0.2, 0) is 6.54 Å². The van der Waals surface area contributed by atoms with Crippen molar-refractivity contribution in [1.29, 1.82) is 0 Å². The van der Waals surface area contributed by atoms with Crippen LogP contribution < -0.4 is 4.90 Å². The lowest BCUT2D eigenvalue weighted by Gasteiger charge is -2.19. The minimum absolute atomic E-state index is 0.128. The van der Waals surface area contributed by atoms with E-state index in [-0.39, 0.29) is 11.9 Å². The van der Waals surface area contributed by atoms with Crippen LogP contribution in [0.3, 0.4) is 0 Å². The maximum Gasteiger partial charge on any atom is 0.280 e. The molecule has 6 heteroatoms. The molecule has 4 rings (SSSR count). The molecule has 0 radical (unpaired) electrons. The van der Waals surface area contributed by atoms with Crippen molar-refractivity contribution in [2.24, 2.45) is 0 Å². The van der Waals surface area contributed by atoms with Crippen LogP contribution in [0.2, 0.25) is 0 Å². The van der Waals surface area contributed by atoms with Gasteiger partial charge in [0, 0.05) is 11.7 Å². The van der Waals surface area contributed by atoms with E-state index in [1.165, 1.54) is 5.56 Å². The minimum Gasteiger partial charge on any atom is -0.278 e. The summed E-state index contributed by atoms with van der Waals surface area (Å²) in [4.78, 5) is 20.3. The van der Waals surface area contributed by atoms with Crippen molar-refractivity contribution in [2.45, 2.75) is 53.1 Å². The molecule has 0 saturated heterocycles. The fraction of sp³-hybridized carbons (Fsp3) is 0.320. The van der Waals surface area contributed by atoms with Gasteiger partial charge in [0.05, 0.1) is 16.8 Å². The highest BCUT2D eigenvalue weighted by atomic mass is 32.1. The quantitative estimate of drug-likeness (QED) is 0.356. The second-order valence-electron chi connectivity index (χ2n) is 8.43. The fourth-order valence-corrected chi connectivity index (χ4v) is 4.78. The van der Waals surface area contributed by atoms with E-state index in [9.17, 15) is 4.79 Å². The van der Waals surface area contributed by atoms with Crippen LogP contribution >= 0.6 is 11.3 Å². The highest BCUT2D eigenvalue weighted by Gasteiger charge is 2.25. The molecule has 4 aromatic rings. The summed E-state index contributed by atoms with van der Waals surface area (Å²) in [6.45, 7) is 10.9. The first kappa shape index (κ1) is 21.2. The Morgan fingerprint density at radius 2 is 1.81 bits per heavy atom. The van der Waals surface area contributed by atoms with E-state index in [0.717, 1.165) is 21.5 Å². The molecule has 5 nitrogen and oxygen atoms in total. The molecule has 0 spiro atoms. The number of hydrogen-bond acceptors (Lipinski definition) is 4. The Bertz CT molecular complexity index is 1210. The Hall–Kier alpha value is -2.99. The molecule has 2 aromatic carbocycles. The molecule has 0 bridgehead atoms. The topological polar surface area (TPSA) is 51.0 Å². The zero-order valence-corrected chi connectivity index (χ0v) is 19.5. The van der Waals surface area contributed by atoms with Gasteiger partial charge in [0.15, 0.2) is 10.8 Å². The van der Waals surface area contributed by atoms with Crippen LogP contribution in [-0.4, -0.2) is 20.7 Å². The second kappa shape index (κ2) is 8.63. The first-order valence-corrected chi connectivity index (χ1v) is 11.5. The Labute approximate surface area is 187 Å². The number of carbonyl (C=O) groups is 1. The molecule has 160 valence electrons. The molecule has 0 aliphatic heterocycles. The van der Waals surface area contributed by atoms with Gasteiger partial charge < -0.3 is 0 Å². The molecule has 1 amide bonds. The van der Waals surface area contributed by atoms with Crippen LogP contribution in [0.1, 0.15) is 67.0 Å². The lowest BCUT2D eigenvalue weighted by atomic mass is 10.0. The molecule has 0 fully saturated rings. The number of nitrogens with zero attached hydrogens (tertiary/aromatic N) is 4. The highest BCUT2D eigenvalue weighted by Crippen LogP contribution is 2.34. The Morgan fingerprint density at radius 3 is 2.45 bits per heavy atom. The lowest BCUT2D eigenvalue weighted by Crippen LogP contribution is -2.30. The zero-order valence-electron chi connectivity index (χ0n) is 18.7. The zero-order chi connectivity index (χ0) is 22.1. The minimum atomic E-state index is -0.128. The standard InChI is InChI=1S/C25H28N4OS/c1-16(2)20-12-9-13-22-23(20)26-25(31-22)28(15-19-10-7-6-8-11-19)24(30)21-14-18(5)29(27-21)17(3)4/h6-14,16-17H,15H2,1-5H3. The number of para-hydroxylation sites is 1. The van der Waals surface area contributed by atoms with E-state index < -0.39 is 0 Å². The number of rotatable bonds is 6. The van der Waals surface area contributed by atoms with Gasteiger partial charge in [-0.05, 0) is 49.9 Å². The van der Waals surface area contributed by atoms with E-state index in [4.69, 9.17) is 4.98 Å². The molecule has 0 atom stereocenters. The fourth-order valence-electron chi connectivity index (χ4n) is 3.79. The summed E-state index contributed by atoms with van der Waals surface area (Å²) in [6, 6.07) is 18.4. The first-order chi connectivity index (χ1) is 14.8. The molecule has 0 unspecified atom stereocenters. The number of benzene rings is 2. The monoisotopic (exact) mass is 432 g/mol. The predicted octanol–water partition coefficient (Wildman–Crippen LogP) is 6.35. The summed E-state index contributed by atoms with van der Waals surface area (Å²) in [6.07, 6.45) is 0. The molecule has 31 heavy (non-hydrogen) atoms. The molecular weight excluding hydrogens is 404 g/mol. The number of thiazole rings is 1. The summed E-state index contributed by atoms with van der Waals surface area (Å²) >= 11 is 1.56. The largest absolute Gasteiger partial charge is 0.280 e.